The summed E-state index contributed by atoms with van der Waals surface area (Å²) < 4.78 is 33.7. The maximum atomic E-state index is 13.0. The lowest BCUT2D eigenvalue weighted by atomic mass is 9.98. The number of carbonyl (C=O) groups is 2. The highest BCUT2D eigenvalue weighted by atomic mass is 16.7. The van der Waals surface area contributed by atoms with Gasteiger partial charge in [-0.3, -0.25) is 9.59 Å². The molecule has 2 aliphatic heterocycles. The second-order valence-electron chi connectivity index (χ2n) is 20.1. The van der Waals surface area contributed by atoms with E-state index in [1.165, 1.54) is 135 Å². The highest BCUT2D eigenvalue weighted by Gasteiger charge is 2.47. The fourth-order valence-corrected chi connectivity index (χ4v) is 9.10. The summed E-state index contributed by atoms with van der Waals surface area (Å²) in [6.45, 7) is 2.62. The molecule has 0 aromatic carbocycles. The third kappa shape index (κ3) is 29.8. The van der Waals surface area contributed by atoms with Crippen molar-refractivity contribution in [3.63, 3.8) is 0 Å². The molecule has 15 nitrogen and oxygen atoms in total. The van der Waals surface area contributed by atoms with E-state index in [0.29, 0.717) is 12.8 Å². The molecule has 0 aliphatic carbocycles. The third-order valence-electron chi connectivity index (χ3n) is 13.7. The summed E-state index contributed by atoms with van der Waals surface area (Å²) in [5.41, 5.74) is 0. The Labute approximate surface area is 422 Å². The minimum Gasteiger partial charge on any atom is -0.462 e. The van der Waals surface area contributed by atoms with Gasteiger partial charge >= 0.3 is 11.9 Å². The lowest BCUT2D eigenvalue weighted by Crippen LogP contribution is -2.61. The molecule has 70 heavy (non-hydrogen) atoms. The van der Waals surface area contributed by atoms with Gasteiger partial charge in [0.25, 0.3) is 0 Å². The van der Waals surface area contributed by atoms with E-state index in [1.807, 2.05) is 0 Å². The summed E-state index contributed by atoms with van der Waals surface area (Å²) in [4.78, 5) is 25.8. The van der Waals surface area contributed by atoms with Crippen molar-refractivity contribution >= 4 is 11.9 Å². The van der Waals surface area contributed by atoms with Crippen LogP contribution < -0.4 is 0 Å². The zero-order valence-corrected chi connectivity index (χ0v) is 43.8. The molecule has 11 unspecified atom stereocenters. The third-order valence-corrected chi connectivity index (χ3v) is 13.7. The largest absolute Gasteiger partial charge is 0.462 e. The van der Waals surface area contributed by atoms with E-state index >= 15 is 0 Å². The Morgan fingerprint density at radius 1 is 0.443 bits per heavy atom. The first-order chi connectivity index (χ1) is 34.0. The number of allylic oxidation sites excluding steroid dienone is 2. The predicted molar refractivity (Wildman–Crippen MR) is 271 cm³/mol. The number of hydrogen-bond acceptors (Lipinski definition) is 15. The molecule has 2 fully saturated rings. The Morgan fingerprint density at radius 2 is 0.814 bits per heavy atom. The minimum absolute atomic E-state index is 0.160. The Morgan fingerprint density at radius 3 is 1.26 bits per heavy atom. The zero-order chi connectivity index (χ0) is 51.0. The molecule has 0 saturated carbocycles. The fourth-order valence-electron chi connectivity index (χ4n) is 9.10. The molecular weight excluding hydrogens is 901 g/mol. The Hall–Kier alpha value is -1.76. The van der Waals surface area contributed by atoms with E-state index in [1.54, 1.807) is 0 Å². The number of unbranched alkanes of at least 4 members (excludes halogenated alkanes) is 29. The molecule has 2 aliphatic rings. The molecule has 0 radical (unpaired) electrons. The van der Waals surface area contributed by atoms with Crippen LogP contribution in [0.2, 0.25) is 0 Å². The second-order valence-corrected chi connectivity index (χ2v) is 20.1. The summed E-state index contributed by atoms with van der Waals surface area (Å²) in [6.07, 6.45) is 26.6. The van der Waals surface area contributed by atoms with Gasteiger partial charge in [0.2, 0.25) is 0 Å². The van der Waals surface area contributed by atoms with Crippen LogP contribution >= 0.6 is 0 Å². The summed E-state index contributed by atoms with van der Waals surface area (Å²) in [6, 6.07) is 0. The van der Waals surface area contributed by atoms with Gasteiger partial charge in [-0.25, -0.2) is 0 Å². The van der Waals surface area contributed by atoms with Crippen LogP contribution in [0.4, 0.5) is 0 Å². The highest BCUT2D eigenvalue weighted by molar-refractivity contribution is 5.70. The van der Waals surface area contributed by atoms with Gasteiger partial charge in [-0.1, -0.05) is 193 Å². The van der Waals surface area contributed by atoms with Gasteiger partial charge in [-0.15, -0.1) is 0 Å². The van der Waals surface area contributed by atoms with Crippen LogP contribution in [0, 0.1) is 0 Å². The Bertz CT molecular complexity index is 1270. The Balaban J connectivity index is 1.76. The zero-order valence-electron chi connectivity index (χ0n) is 43.8. The highest BCUT2D eigenvalue weighted by Crippen LogP contribution is 2.27. The summed E-state index contributed by atoms with van der Waals surface area (Å²) in [5.74, 6) is -0.921. The summed E-state index contributed by atoms with van der Waals surface area (Å²) in [7, 11) is 0. The SMILES string of the molecule is CCCCCCCC/C=C\CCCCCCCC(=O)OC(COC(=O)CCCCCCCCCCCCCCCCCCCCC)COC1OC(COC2OC(CO)C(O)C(O)C2O)C(O)C(O)C1O. The molecule has 0 aromatic rings. The van der Waals surface area contributed by atoms with Crippen molar-refractivity contribution in [2.75, 3.05) is 26.4 Å². The number of hydrogen-bond donors (Lipinski definition) is 7. The van der Waals surface area contributed by atoms with Crippen LogP contribution in [0.3, 0.4) is 0 Å². The number of esters is 2. The van der Waals surface area contributed by atoms with E-state index < -0.39 is 92.7 Å². The quantitative estimate of drug-likeness (QED) is 0.0172. The van der Waals surface area contributed by atoms with Gasteiger partial charge in [-0.05, 0) is 38.5 Å². The first-order valence-electron chi connectivity index (χ1n) is 28.3. The first-order valence-corrected chi connectivity index (χ1v) is 28.3. The second kappa shape index (κ2) is 42.6. The van der Waals surface area contributed by atoms with Gasteiger partial charge in [0, 0.05) is 12.8 Å². The van der Waals surface area contributed by atoms with Crippen LogP contribution in [-0.4, -0.2) is 142 Å². The molecule has 0 aromatic heterocycles. The van der Waals surface area contributed by atoms with Crippen molar-refractivity contribution in [3.05, 3.63) is 12.2 Å². The summed E-state index contributed by atoms with van der Waals surface area (Å²) in [5, 5.41) is 72.2. The maximum Gasteiger partial charge on any atom is 0.306 e. The predicted octanol–water partition coefficient (Wildman–Crippen LogP) is 8.94. The molecule has 15 heteroatoms. The molecule has 11 atom stereocenters. The normalized spacial score (nSPS) is 25.4. The topological polar surface area (TPSA) is 231 Å². The van der Waals surface area contributed by atoms with E-state index in [0.717, 1.165) is 57.8 Å². The van der Waals surface area contributed by atoms with Crippen molar-refractivity contribution < 1.29 is 73.8 Å². The van der Waals surface area contributed by atoms with E-state index in [-0.39, 0.29) is 26.1 Å². The number of aliphatic hydroxyl groups excluding tert-OH is 7. The van der Waals surface area contributed by atoms with Gasteiger partial charge in [0.15, 0.2) is 18.7 Å². The molecule has 0 amide bonds. The van der Waals surface area contributed by atoms with Gasteiger partial charge in [-0.2, -0.15) is 0 Å². The van der Waals surface area contributed by atoms with Crippen molar-refractivity contribution in [1.82, 2.24) is 0 Å². The van der Waals surface area contributed by atoms with Crippen LogP contribution in [-0.2, 0) is 38.0 Å². The van der Waals surface area contributed by atoms with Crippen LogP contribution in [0.1, 0.15) is 232 Å². The Kier molecular flexibility index (Phi) is 39.1. The van der Waals surface area contributed by atoms with Gasteiger partial charge in [0.05, 0.1) is 19.8 Å². The molecule has 2 saturated heterocycles. The van der Waals surface area contributed by atoms with Crippen molar-refractivity contribution in [1.29, 1.82) is 0 Å². The van der Waals surface area contributed by atoms with Crippen molar-refractivity contribution in [2.24, 2.45) is 0 Å². The standard InChI is InChI=1S/C55H102O15/c1-3-5-7-9-11-13-15-17-19-20-21-22-24-25-27-29-31-33-35-37-46(57)65-40-43(68-47(58)38-36-34-32-30-28-26-23-18-16-14-12-10-8-6-4-2)41-66-54-53(64)51(62)49(60)45(70-54)42-67-55-52(63)50(61)48(59)44(39-56)69-55/h18,23,43-45,48-56,59-64H,3-17,19-22,24-42H2,1-2H3/b23-18-. The lowest BCUT2D eigenvalue weighted by Gasteiger charge is -2.42. The fraction of sp³-hybridized carbons (Fsp3) is 0.927. The molecule has 7 N–H and O–H groups in total. The van der Waals surface area contributed by atoms with E-state index in [9.17, 15) is 45.3 Å². The van der Waals surface area contributed by atoms with Crippen LogP contribution in [0.25, 0.3) is 0 Å². The minimum atomic E-state index is -1.76. The molecule has 0 bridgehead atoms. The average molecular weight is 1000 g/mol. The van der Waals surface area contributed by atoms with E-state index in [2.05, 4.69) is 26.0 Å². The molecule has 2 rings (SSSR count). The molecular formula is C55H102O15. The number of ether oxygens (including phenoxy) is 6. The van der Waals surface area contributed by atoms with Crippen LogP contribution in [0.15, 0.2) is 12.2 Å². The van der Waals surface area contributed by atoms with Crippen molar-refractivity contribution in [3.8, 4) is 0 Å². The first kappa shape index (κ1) is 64.4. The van der Waals surface area contributed by atoms with E-state index in [4.69, 9.17) is 28.4 Å². The average Bonchev–Trinajstić information content (AvgIpc) is 3.35. The maximum absolute atomic E-state index is 13.0. The summed E-state index contributed by atoms with van der Waals surface area (Å²) >= 11 is 0. The monoisotopic (exact) mass is 1000 g/mol. The number of rotatable bonds is 45. The number of aliphatic hydroxyl groups is 7. The lowest BCUT2D eigenvalue weighted by molar-refractivity contribution is -0.332. The van der Waals surface area contributed by atoms with Gasteiger partial charge in [0.1, 0.15) is 55.4 Å². The van der Waals surface area contributed by atoms with Crippen LogP contribution in [0.5, 0.6) is 0 Å². The molecule has 0 spiro atoms. The number of carbonyl (C=O) groups excluding carboxylic acids is 2. The molecule has 412 valence electrons. The smallest absolute Gasteiger partial charge is 0.306 e. The van der Waals surface area contributed by atoms with Crippen molar-refractivity contribution in [2.45, 2.75) is 300 Å². The molecule has 2 heterocycles. The van der Waals surface area contributed by atoms with Gasteiger partial charge < -0.3 is 64.2 Å².